The lowest BCUT2D eigenvalue weighted by molar-refractivity contribution is -0.402. The maximum absolute atomic E-state index is 12.0. The lowest BCUT2D eigenvalue weighted by Gasteiger charge is -2.05. The van der Waals surface area contributed by atoms with Crippen LogP contribution in [0, 0.1) is 10.1 Å². The van der Waals surface area contributed by atoms with E-state index >= 15 is 0 Å². The van der Waals surface area contributed by atoms with E-state index in [4.69, 9.17) is 9.15 Å². The van der Waals surface area contributed by atoms with Crippen molar-refractivity contribution in [1.82, 2.24) is 9.38 Å². The normalized spacial score (nSPS) is 10.7. The van der Waals surface area contributed by atoms with Gasteiger partial charge in [0.05, 0.1) is 11.8 Å². The Kier molecular flexibility index (Phi) is 4.13. The number of halogens is 1. The van der Waals surface area contributed by atoms with Gasteiger partial charge in [0.2, 0.25) is 5.76 Å². The molecule has 0 spiro atoms. The third-order valence-electron chi connectivity index (χ3n) is 3.00. The van der Waals surface area contributed by atoms with E-state index in [0.717, 1.165) is 16.6 Å². The van der Waals surface area contributed by atoms with Crippen molar-refractivity contribution < 1.29 is 18.9 Å². The molecule has 0 atom stereocenters. The molecule has 0 aliphatic rings. The minimum atomic E-state index is -0.888. The van der Waals surface area contributed by atoms with Gasteiger partial charge in [-0.05, 0) is 34.1 Å². The van der Waals surface area contributed by atoms with Crippen LogP contribution in [0.25, 0.3) is 5.65 Å². The highest BCUT2D eigenvalue weighted by atomic mass is 79.9. The Hall–Kier alpha value is -3.01. The number of pyridine rings is 1. The van der Waals surface area contributed by atoms with Gasteiger partial charge in [0.25, 0.3) is 5.56 Å². The van der Waals surface area contributed by atoms with Gasteiger partial charge in [0, 0.05) is 16.7 Å². The molecule has 9 nitrogen and oxygen atoms in total. The largest absolute Gasteiger partial charge is 0.453 e. The monoisotopic (exact) mass is 393 g/mol. The second-order valence-electron chi connectivity index (χ2n) is 4.63. The van der Waals surface area contributed by atoms with Crippen molar-refractivity contribution in [2.45, 2.75) is 6.61 Å². The number of nitro groups is 1. The van der Waals surface area contributed by atoms with Crippen LogP contribution in [0.4, 0.5) is 5.88 Å². The Labute approximate surface area is 141 Å². The van der Waals surface area contributed by atoms with Crippen LogP contribution >= 0.6 is 15.9 Å². The van der Waals surface area contributed by atoms with Crippen molar-refractivity contribution in [3.05, 3.63) is 72.9 Å². The summed E-state index contributed by atoms with van der Waals surface area (Å²) < 4.78 is 11.8. The highest BCUT2D eigenvalue weighted by molar-refractivity contribution is 9.10. The first-order valence-corrected chi connectivity index (χ1v) is 7.32. The molecule has 0 aliphatic heterocycles. The molecule has 3 aromatic heterocycles. The van der Waals surface area contributed by atoms with Crippen LogP contribution in [0.2, 0.25) is 0 Å². The smallest absolute Gasteiger partial charge is 0.433 e. The molecule has 10 heteroatoms. The Morgan fingerprint density at radius 1 is 1.38 bits per heavy atom. The van der Waals surface area contributed by atoms with Crippen LogP contribution < -0.4 is 5.56 Å². The van der Waals surface area contributed by atoms with Crippen LogP contribution in [0.15, 0.2) is 50.2 Å². The Morgan fingerprint density at radius 3 is 2.88 bits per heavy atom. The summed E-state index contributed by atoms with van der Waals surface area (Å²) in [5.41, 5.74) is 0.308. The minimum absolute atomic E-state index is 0.247. The third-order valence-corrected chi connectivity index (χ3v) is 3.47. The molecular formula is C14H8BrN3O6. The Balaban J connectivity index is 1.77. The zero-order chi connectivity index (χ0) is 17.3. The molecule has 0 bridgehead atoms. The lowest BCUT2D eigenvalue weighted by atomic mass is 10.4. The zero-order valence-electron chi connectivity index (χ0n) is 11.8. The van der Waals surface area contributed by atoms with Crippen LogP contribution in [-0.4, -0.2) is 20.3 Å². The van der Waals surface area contributed by atoms with E-state index in [1.54, 1.807) is 18.3 Å². The molecule has 0 N–H and O–H groups in total. The maximum Gasteiger partial charge on any atom is 0.433 e. The van der Waals surface area contributed by atoms with Crippen LogP contribution in [-0.2, 0) is 11.3 Å². The molecule has 0 aliphatic carbocycles. The molecule has 0 unspecified atom stereocenters. The molecule has 3 rings (SSSR count). The fourth-order valence-electron chi connectivity index (χ4n) is 1.95. The van der Waals surface area contributed by atoms with Gasteiger partial charge in [-0.3, -0.25) is 19.3 Å². The molecule has 0 amide bonds. The van der Waals surface area contributed by atoms with Crippen molar-refractivity contribution in [2.24, 2.45) is 0 Å². The molecule has 3 aromatic rings. The Bertz CT molecular complexity index is 1010. The van der Waals surface area contributed by atoms with E-state index < -0.39 is 16.8 Å². The van der Waals surface area contributed by atoms with Gasteiger partial charge in [0.1, 0.15) is 17.2 Å². The van der Waals surface area contributed by atoms with E-state index in [9.17, 15) is 19.7 Å². The SMILES string of the molecule is O=C(OCc1cc(=O)n2cc(Br)ccc2n1)c1ccc([N+](=O)[O-])o1. The number of hydrogen-bond donors (Lipinski definition) is 0. The number of rotatable bonds is 4. The van der Waals surface area contributed by atoms with Crippen LogP contribution in [0.5, 0.6) is 0 Å². The van der Waals surface area contributed by atoms with Gasteiger partial charge in [0.15, 0.2) is 0 Å². The molecule has 0 aromatic carbocycles. The molecule has 122 valence electrons. The number of nitrogens with zero attached hydrogens (tertiary/aromatic N) is 3. The predicted molar refractivity (Wildman–Crippen MR) is 83.6 cm³/mol. The third kappa shape index (κ3) is 3.18. The summed E-state index contributed by atoms with van der Waals surface area (Å²) in [4.78, 5) is 37.8. The first-order chi connectivity index (χ1) is 11.4. The van der Waals surface area contributed by atoms with E-state index in [2.05, 4.69) is 20.9 Å². The number of carbonyl (C=O) groups excluding carboxylic acids is 1. The summed E-state index contributed by atoms with van der Waals surface area (Å²) in [6.07, 6.45) is 1.57. The van der Waals surface area contributed by atoms with Crippen LogP contribution in [0.3, 0.4) is 0 Å². The molecule has 3 heterocycles. The summed E-state index contributed by atoms with van der Waals surface area (Å²) in [6, 6.07) is 6.78. The lowest BCUT2D eigenvalue weighted by Crippen LogP contribution is -2.16. The van der Waals surface area contributed by atoms with Gasteiger partial charge in [-0.1, -0.05) is 0 Å². The maximum atomic E-state index is 12.0. The van der Waals surface area contributed by atoms with E-state index in [1.807, 2.05) is 0 Å². The highest BCUT2D eigenvalue weighted by Crippen LogP contribution is 2.17. The molecule has 0 radical (unpaired) electrons. The fourth-order valence-corrected chi connectivity index (χ4v) is 2.28. The van der Waals surface area contributed by atoms with Crippen molar-refractivity contribution in [1.29, 1.82) is 0 Å². The summed E-state index contributed by atoms with van der Waals surface area (Å²) in [5.74, 6) is -1.75. The van der Waals surface area contributed by atoms with Gasteiger partial charge in [-0.25, -0.2) is 9.78 Å². The molecular weight excluding hydrogens is 386 g/mol. The summed E-state index contributed by atoms with van der Waals surface area (Å²) in [5, 5.41) is 10.5. The topological polar surface area (TPSA) is 117 Å². The first kappa shape index (κ1) is 15.9. The van der Waals surface area contributed by atoms with Crippen molar-refractivity contribution in [3.8, 4) is 0 Å². The van der Waals surface area contributed by atoms with Crippen molar-refractivity contribution in [2.75, 3.05) is 0 Å². The molecule has 0 fully saturated rings. The number of hydrogen-bond acceptors (Lipinski definition) is 7. The van der Waals surface area contributed by atoms with Crippen LogP contribution in [0.1, 0.15) is 16.2 Å². The number of furan rings is 1. The molecule has 0 saturated carbocycles. The molecule has 24 heavy (non-hydrogen) atoms. The average molecular weight is 394 g/mol. The number of fused-ring (bicyclic) bond motifs is 1. The first-order valence-electron chi connectivity index (χ1n) is 6.53. The van der Waals surface area contributed by atoms with Gasteiger partial charge in [-0.15, -0.1) is 0 Å². The zero-order valence-corrected chi connectivity index (χ0v) is 13.4. The van der Waals surface area contributed by atoms with E-state index in [0.29, 0.717) is 5.65 Å². The summed E-state index contributed by atoms with van der Waals surface area (Å²) in [6.45, 7) is -0.269. The second-order valence-corrected chi connectivity index (χ2v) is 5.55. The quantitative estimate of drug-likeness (QED) is 0.379. The standard InChI is InChI=1S/C14H8BrN3O6/c15-8-1-3-11-16-9(5-12(19)17(11)6-8)7-23-14(20)10-2-4-13(24-10)18(21)22/h1-6H,7H2. The number of aromatic nitrogens is 2. The van der Waals surface area contributed by atoms with Gasteiger partial charge >= 0.3 is 11.9 Å². The number of esters is 1. The number of ether oxygens (including phenoxy) is 1. The summed E-state index contributed by atoms with van der Waals surface area (Å²) in [7, 11) is 0. The molecule has 0 saturated heterocycles. The fraction of sp³-hybridized carbons (Fsp3) is 0.0714. The van der Waals surface area contributed by atoms with E-state index in [1.165, 1.54) is 10.5 Å². The van der Waals surface area contributed by atoms with Crippen molar-refractivity contribution in [3.63, 3.8) is 0 Å². The van der Waals surface area contributed by atoms with Gasteiger partial charge in [-0.2, -0.15) is 0 Å². The minimum Gasteiger partial charge on any atom is -0.453 e. The Morgan fingerprint density at radius 2 is 2.17 bits per heavy atom. The number of carbonyl (C=O) groups is 1. The predicted octanol–water partition coefficient (Wildman–Crippen LogP) is 2.32. The average Bonchev–Trinajstić information content (AvgIpc) is 3.04. The van der Waals surface area contributed by atoms with Crippen molar-refractivity contribution >= 4 is 33.4 Å². The second kappa shape index (κ2) is 6.24. The van der Waals surface area contributed by atoms with E-state index in [-0.39, 0.29) is 23.6 Å². The van der Waals surface area contributed by atoms with Gasteiger partial charge < -0.3 is 9.15 Å². The summed E-state index contributed by atoms with van der Waals surface area (Å²) >= 11 is 3.26. The highest BCUT2D eigenvalue weighted by Gasteiger charge is 2.18.